The summed E-state index contributed by atoms with van der Waals surface area (Å²) in [5.41, 5.74) is 0.255. The maximum atomic E-state index is 13.1. The van der Waals surface area contributed by atoms with Gasteiger partial charge in [-0.05, 0) is 36.8 Å². The quantitative estimate of drug-likeness (QED) is 0.880. The molecule has 1 atom stereocenters. The highest BCUT2D eigenvalue weighted by Gasteiger charge is 2.48. The number of carbonyl (C=O) groups is 1. The predicted octanol–water partition coefficient (Wildman–Crippen LogP) is 4.58. The molecule has 0 aromatic heterocycles. The Bertz CT molecular complexity index is 856. The van der Waals surface area contributed by atoms with Crippen LogP contribution in [0.25, 0.3) is 6.08 Å². The van der Waals surface area contributed by atoms with Crippen molar-refractivity contribution in [2.75, 3.05) is 0 Å². The maximum Gasteiger partial charge on any atom is 0.430 e. The van der Waals surface area contributed by atoms with Crippen LogP contribution in [0.5, 0.6) is 17.2 Å². The van der Waals surface area contributed by atoms with E-state index < -0.39 is 23.8 Å². The van der Waals surface area contributed by atoms with Crippen molar-refractivity contribution in [2.24, 2.45) is 0 Å². The first-order chi connectivity index (χ1) is 11.8. The highest BCUT2D eigenvalue weighted by molar-refractivity contribution is 5.95. The minimum Gasteiger partial charge on any atom is -0.478 e. The summed E-state index contributed by atoms with van der Waals surface area (Å²) in [7, 11) is 0. The number of hydrogen-bond acceptors (Lipinski definition) is 3. The van der Waals surface area contributed by atoms with Crippen molar-refractivity contribution >= 4 is 12.0 Å². The maximum absolute atomic E-state index is 13.1. The Balaban J connectivity index is 1.96. The lowest BCUT2D eigenvalue weighted by Crippen LogP contribution is -2.40. The number of aliphatic carboxylic acids is 1. The molecule has 1 heterocycles. The fourth-order valence-electron chi connectivity index (χ4n) is 2.45. The van der Waals surface area contributed by atoms with Crippen LogP contribution in [0.15, 0.2) is 48.0 Å². The third-order valence-corrected chi connectivity index (χ3v) is 3.69. The molecule has 2 aromatic rings. The molecule has 0 saturated heterocycles. The SMILES string of the molecule is Cc1ccccc1Oc1ccc2c(c1)O[C@H](C(F)(F)F)C(C(=O)O)=C2. The van der Waals surface area contributed by atoms with Gasteiger partial charge in [0.2, 0.25) is 6.10 Å². The summed E-state index contributed by atoms with van der Waals surface area (Å²) in [6, 6.07) is 11.5. The van der Waals surface area contributed by atoms with Crippen molar-refractivity contribution in [3.05, 3.63) is 59.2 Å². The predicted molar refractivity (Wildman–Crippen MR) is 83.8 cm³/mol. The topological polar surface area (TPSA) is 55.8 Å². The lowest BCUT2D eigenvalue weighted by atomic mass is 10.0. The number of carboxylic acid groups (broad SMARTS) is 1. The molecule has 3 rings (SSSR count). The van der Waals surface area contributed by atoms with Crippen molar-refractivity contribution in [3.63, 3.8) is 0 Å². The van der Waals surface area contributed by atoms with Gasteiger partial charge in [0.05, 0.1) is 5.57 Å². The average molecular weight is 350 g/mol. The van der Waals surface area contributed by atoms with E-state index in [2.05, 4.69) is 0 Å². The summed E-state index contributed by atoms with van der Waals surface area (Å²) < 4.78 is 49.9. The van der Waals surface area contributed by atoms with E-state index in [9.17, 15) is 18.0 Å². The largest absolute Gasteiger partial charge is 0.478 e. The van der Waals surface area contributed by atoms with Gasteiger partial charge in [0.1, 0.15) is 17.2 Å². The van der Waals surface area contributed by atoms with E-state index in [1.54, 1.807) is 18.2 Å². The summed E-state index contributed by atoms with van der Waals surface area (Å²) in [5.74, 6) is -0.903. The zero-order valence-electron chi connectivity index (χ0n) is 13.0. The normalized spacial score (nSPS) is 16.5. The molecule has 0 bridgehead atoms. The second-order valence-electron chi connectivity index (χ2n) is 5.51. The number of hydrogen-bond donors (Lipinski definition) is 1. The molecule has 0 saturated carbocycles. The van der Waals surface area contributed by atoms with Gasteiger partial charge < -0.3 is 14.6 Å². The van der Waals surface area contributed by atoms with Crippen LogP contribution in [0.3, 0.4) is 0 Å². The van der Waals surface area contributed by atoms with Gasteiger partial charge in [-0.1, -0.05) is 18.2 Å². The minimum atomic E-state index is -4.84. The molecule has 0 aliphatic carbocycles. The molecule has 1 aliphatic heterocycles. The van der Waals surface area contributed by atoms with E-state index in [1.807, 2.05) is 19.1 Å². The molecule has 1 aliphatic rings. The second-order valence-corrected chi connectivity index (χ2v) is 5.51. The number of benzene rings is 2. The lowest BCUT2D eigenvalue weighted by molar-refractivity contribution is -0.187. The molecule has 0 amide bonds. The molecule has 25 heavy (non-hydrogen) atoms. The van der Waals surface area contributed by atoms with E-state index in [4.69, 9.17) is 14.6 Å². The first-order valence-corrected chi connectivity index (χ1v) is 7.31. The minimum absolute atomic E-state index is 0.0848. The summed E-state index contributed by atoms with van der Waals surface area (Å²) >= 11 is 0. The van der Waals surface area contributed by atoms with Gasteiger partial charge in [-0.15, -0.1) is 0 Å². The summed E-state index contributed by atoms with van der Waals surface area (Å²) in [5, 5.41) is 9.00. The number of rotatable bonds is 3. The molecule has 7 heteroatoms. The molecule has 0 fully saturated rings. The van der Waals surface area contributed by atoms with Crippen molar-refractivity contribution in [2.45, 2.75) is 19.2 Å². The van der Waals surface area contributed by atoms with Crippen molar-refractivity contribution in [3.8, 4) is 17.2 Å². The number of carboxylic acids is 1. The van der Waals surface area contributed by atoms with E-state index in [0.717, 1.165) is 11.6 Å². The van der Waals surface area contributed by atoms with Crippen LogP contribution < -0.4 is 9.47 Å². The molecular formula is C18H13F3O4. The molecule has 1 N–H and O–H groups in total. The van der Waals surface area contributed by atoms with Crippen LogP contribution in [0.1, 0.15) is 11.1 Å². The number of ether oxygens (including phenoxy) is 2. The Labute approximate surface area is 141 Å². The van der Waals surface area contributed by atoms with Gasteiger partial charge in [-0.2, -0.15) is 13.2 Å². The number of aryl methyl sites for hydroxylation is 1. The smallest absolute Gasteiger partial charge is 0.430 e. The molecular weight excluding hydrogens is 337 g/mol. The number of halogens is 3. The van der Waals surface area contributed by atoms with Gasteiger partial charge in [0.25, 0.3) is 0 Å². The standard InChI is InChI=1S/C18H13F3O4/c1-10-4-2-3-5-14(10)24-12-7-6-11-8-13(17(22)23)16(18(19,20)21)25-15(11)9-12/h2-9,16H,1H3,(H,22,23)/t16-/m0/s1. The molecule has 0 spiro atoms. The van der Waals surface area contributed by atoms with E-state index in [-0.39, 0.29) is 11.3 Å². The van der Waals surface area contributed by atoms with Crippen molar-refractivity contribution in [1.29, 1.82) is 0 Å². The van der Waals surface area contributed by atoms with Crippen LogP contribution in [0.4, 0.5) is 13.2 Å². The van der Waals surface area contributed by atoms with E-state index >= 15 is 0 Å². The Morgan fingerprint density at radius 3 is 2.56 bits per heavy atom. The average Bonchev–Trinajstić information content (AvgIpc) is 2.55. The highest BCUT2D eigenvalue weighted by atomic mass is 19.4. The van der Waals surface area contributed by atoms with Crippen LogP contribution in [0, 0.1) is 6.92 Å². The Morgan fingerprint density at radius 1 is 1.20 bits per heavy atom. The molecule has 4 nitrogen and oxygen atoms in total. The highest BCUT2D eigenvalue weighted by Crippen LogP contribution is 2.39. The number of fused-ring (bicyclic) bond motifs is 1. The van der Waals surface area contributed by atoms with Crippen molar-refractivity contribution in [1.82, 2.24) is 0 Å². The third kappa shape index (κ3) is 3.45. The van der Waals surface area contributed by atoms with Crippen LogP contribution in [-0.2, 0) is 4.79 Å². The van der Waals surface area contributed by atoms with Crippen LogP contribution in [0.2, 0.25) is 0 Å². The van der Waals surface area contributed by atoms with Crippen LogP contribution >= 0.6 is 0 Å². The molecule has 130 valence electrons. The van der Waals surface area contributed by atoms with Gasteiger partial charge >= 0.3 is 12.1 Å². The van der Waals surface area contributed by atoms with E-state index in [0.29, 0.717) is 11.5 Å². The summed E-state index contributed by atoms with van der Waals surface area (Å²) in [6.45, 7) is 1.84. The van der Waals surface area contributed by atoms with Gasteiger partial charge in [0, 0.05) is 11.6 Å². The fourth-order valence-corrected chi connectivity index (χ4v) is 2.45. The van der Waals surface area contributed by atoms with Crippen molar-refractivity contribution < 1.29 is 32.5 Å². The Morgan fingerprint density at radius 2 is 1.92 bits per heavy atom. The lowest BCUT2D eigenvalue weighted by Gasteiger charge is -2.27. The first kappa shape index (κ1) is 16.9. The van der Waals surface area contributed by atoms with Gasteiger partial charge in [-0.25, -0.2) is 4.79 Å². The number of alkyl halides is 3. The molecule has 0 unspecified atom stereocenters. The van der Waals surface area contributed by atoms with Gasteiger partial charge in [0.15, 0.2) is 0 Å². The fraction of sp³-hybridized carbons (Fsp3) is 0.167. The van der Waals surface area contributed by atoms with Crippen LogP contribution in [-0.4, -0.2) is 23.4 Å². The molecule has 2 aromatic carbocycles. The zero-order chi connectivity index (χ0) is 18.2. The number of para-hydroxylation sites is 1. The first-order valence-electron chi connectivity index (χ1n) is 7.31. The Kier molecular flexibility index (Phi) is 4.16. The molecule has 0 radical (unpaired) electrons. The Hall–Kier alpha value is -2.96. The third-order valence-electron chi connectivity index (χ3n) is 3.69. The second kappa shape index (κ2) is 6.16. The summed E-state index contributed by atoms with van der Waals surface area (Å²) in [6.07, 6.45) is -6.39. The zero-order valence-corrected chi connectivity index (χ0v) is 13.0. The monoisotopic (exact) mass is 350 g/mol. The summed E-state index contributed by atoms with van der Waals surface area (Å²) in [4.78, 5) is 11.1. The van der Waals surface area contributed by atoms with E-state index in [1.165, 1.54) is 12.1 Å². The van der Waals surface area contributed by atoms with Gasteiger partial charge in [-0.3, -0.25) is 0 Å².